The van der Waals surface area contributed by atoms with Gasteiger partial charge in [0.2, 0.25) is 0 Å². The summed E-state index contributed by atoms with van der Waals surface area (Å²) in [6.07, 6.45) is 6.47. The highest BCUT2D eigenvalue weighted by Crippen LogP contribution is 2.57. The van der Waals surface area contributed by atoms with Crippen molar-refractivity contribution in [3.8, 4) is 46.0 Å². The van der Waals surface area contributed by atoms with Gasteiger partial charge in [0.15, 0.2) is 0 Å². The van der Waals surface area contributed by atoms with Crippen LogP contribution in [0.5, 0.6) is 46.0 Å². The summed E-state index contributed by atoms with van der Waals surface area (Å²) in [6.45, 7) is 22.9. The van der Waals surface area contributed by atoms with E-state index in [9.17, 15) is 40.9 Å². The lowest BCUT2D eigenvalue weighted by molar-refractivity contribution is 0.257. The minimum atomic E-state index is -0.987. The Morgan fingerprint density at radius 1 is 0.228 bits per heavy atom. The van der Waals surface area contributed by atoms with Crippen LogP contribution in [0.25, 0.3) is 0 Å². The van der Waals surface area contributed by atoms with Gasteiger partial charge in [0.1, 0.15) is 46.0 Å². The van der Waals surface area contributed by atoms with Crippen LogP contribution >= 0.6 is 0 Å². The Bertz CT molecular complexity index is 3070. The molecule has 0 heterocycles. The van der Waals surface area contributed by atoms with E-state index in [0.717, 1.165) is 51.4 Å². The number of phenols is 8. The van der Waals surface area contributed by atoms with Crippen LogP contribution in [0.4, 0.5) is 0 Å². The number of hydrogen-bond donors (Lipinski definition) is 8. The predicted molar refractivity (Wildman–Crippen MR) is 372 cm³/mol. The van der Waals surface area contributed by atoms with Crippen molar-refractivity contribution in [2.45, 2.75) is 157 Å². The van der Waals surface area contributed by atoms with E-state index in [2.05, 4.69) is 75.0 Å². The molecule has 9 rings (SSSR count). The van der Waals surface area contributed by atoms with E-state index in [0.29, 0.717) is 119 Å². The summed E-state index contributed by atoms with van der Waals surface area (Å²) < 4.78 is 0. The third-order valence-electron chi connectivity index (χ3n) is 18.6. The van der Waals surface area contributed by atoms with Crippen molar-refractivity contribution >= 4 is 0 Å². The molecule has 0 fully saturated rings. The van der Waals surface area contributed by atoms with Gasteiger partial charge in [-0.05, 0) is 150 Å². The molecule has 8 bridgehead atoms. The second-order valence-corrected chi connectivity index (χ2v) is 25.4. The number of aromatic hydroxyl groups is 8. The van der Waals surface area contributed by atoms with Gasteiger partial charge in [0.05, 0.1) is 22.3 Å². The zero-order valence-corrected chi connectivity index (χ0v) is 55.7. The maximum absolute atomic E-state index is 13.6. The summed E-state index contributed by atoms with van der Waals surface area (Å²) in [4.78, 5) is 8.93. The van der Waals surface area contributed by atoms with Crippen molar-refractivity contribution in [3.05, 3.63) is 235 Å². The summed E-state index contributed by atoms with van der Waals surface area (Å²) in [5.41, 5.74) is 6.87. The monoisotopic (exact) mass is 1240 g/mol. The maximum Gasteiger partial charge on any atom is 0.127 e. The van der Waals surface area contributed by atoms with Crippen LogP contribution in [0.1, 0.15) is 219 Å². The Morgan fingerprint density at radius 3 is 0.500 bits per heavy atom. The lowest BCUT2D eigenvalue weighted by Gasteiger charge is -2.33. The molecule has 0 amide bonds. The fraction of sp³-hybridized carbons (Fsp3) is 0.400. The van der Waals surface area contributed by atoms with E-state index in [1.807, 2.05) is 146 Å². The van der Waals surface area contributed by atoms with Gasteiger partial charge in [-0.2, -0.15) is 0 Å². The molecule has 0 unspecified atom stereocenters. The van der Waals surface area contributed by atoms with E-state index in [-0.39, 0.29) is 94.4 Å². The Kier molecular flexibility index (Phi) is 23.8. The smallest absolute Gasteiger partial charge is 0.127 e. The average molecular weight is 1250 g/mol. The number of fused-ring (bicyclic) bond motifs is 8. The fourth-order valence-corrected chi connectivity index (χ4v) is 14.6. The molecule has 0 aliphatic heterocycles. The van der Waals surface area contributed by atoms with Crippen LogP contribution < -0.4 is 0 Å². The Balaban J connectivity index is 1.60. The highest BCUT2D eigenvalue weighted by atomic mass is 16.3. The van der Waals surface area contributed by atoms with Gasteiger partial charge >= 0.3 is 0 Å². The first-order chi connectivity index (χ1) is 44.7. The molecular formula is C80H100N4O8. The first-order valence-corrected chi connectivity index (χ1v) is 34.1. The van der Waals surface area contributed by atoms with Crippen LogP contribution in [0.3, 0.4) is 0 Å². The van der Waals surface area contributed by atoms with Crippen LogP contribution in [0.2, 0.25) is 0 Å². The second-order valence-electron chi connectivity index (χ2n) is 25.4. The van der Waals surface area contributed by atoms with Crippen molar-refractivity contribution in [1.82, 2.24) is 19.6 Å². The molecule has 0 spiro atoms. The Hall–Kier alpha value is -8.00. The molecule has 12 nitrogen and oxygen atoms in total. The first kappa shape index (κ1) is 68.4. The predicted octanol–water partition coefficient (Wildman–Crippen LogP) is 16.9. The summed E-state index contributed by atoms with van der Waals surface area (Å²) in [5.74, 6) is -5.25. The number of phenolic OH excluding ortho intramolecular Hbond substituents is 8. The molecule has 0 aromatic heterocycles. The van der Waals surface area contributed by atoms with Gasteiger partial charge in [-0.1, -0.05) is 177 Å². The molecule has 0 radical (unpaired) electrons. The third-order valence-corrected chi connectivity index (χ3v) is 18.6. The number of rotatable bonds is 28. The first-order valence-electron chi connectivity index (χ1n) is 34.1. The number of benzene rings is 8. The topological polar surface area (TPSA) is 175 Å². The van der Waals surface area contributed by atoms with E-state index < -0.39 is 23.7 Å². The fourth-order valence-electron chi connectivity index (χ4n) is 14.6. The maximum atomic E-state index is 13.6. The summed E-state index contributed by atoms with van der Waals surface area (Å²) in [6, 6.07) is 46.3. The number of hydrogen-bond acceptors (Lipinski definition) is 12. The third kappa shape index (κ3) is 14.6. The average Bonchev–Trinajstić information content (AvgIpc) is 0.740. The van der Waals surface area contributed by atoms with Crippen molar-refractivity contribution in [2.75, 3.05) is 52.4 Å². The highest BCUT2D eigenvalue weighted by molar-refractivity contribution is 5.72. The molecule has 92 heavy (non-hydrogen) atoms. The lowest BCUT2D eigenvalue weighted by atomic mass is 9.73. The van der Waals surface area contributed by atoms with Crippen LogP contribution in [0.15, 0.2) is 146 Å². The molecule has 8 N–H and O–H groups in total. The quantitative estimate of drug-likeness (QED) is 0.0233. The van der Waals surface area contributed by atoms with Crippen molar-refractivity contribution in [2.24, 2.45) is 0 Å². The van der Waals surface area contributed by atoms with Crippen LogP contribution in [0, 0.1) is 0 Å². The highest BCUT2D eigenvalue weighted by Gasteiger charge is 2.40. The van der Waals surface area contributed by atoms with Crippen molar-refractivity contribution in [1.29, 1.82) is 0 Å². The van der Waals surface area contributed by atoms with Gasteiger partial charge in [0, 0.05) is 94.4 Å². The number of nitrogens with zero attached hydrogens (tertiary/aromatic N) is 4. The molecule has 0 saturated carbocycles. The van der Waals surface area contributed by atoms with E-state index >= 15 is 0 Å². The van der Waals surface area contributed by atoms with Gasteiger partial charge in [-0.15, -0.1) is 0 Å². The normalized spacial score (nSPS) is 15.7. The lowest BCUT2D eigenvalue weighted by Crippen LogP contribution is -2.26. The van der Waals surface area contributed by atoms with E-state index in [1.165, 1.54) is 0 Å². The molecule has 1 aliphatic carbocycles. The summed E-state index contributed by atoms with van der Waals surface area (Å²) in [7, 11) is 0. The zero-order chi connectivity index (χ0) is 65.6. The van der Waals surface area contributed by atoms with E-state index in [1.54, 1.807) is 0 Å². The van der Waals surface area contributed by atoms with Crippen LogP contribution in [-0.4, -0.2) is 113 Å². The molecule has 8 aromatic rings. The molecule has 12 heteroatoms. The minimum absolute atomic E-state index is 0.154. The minimum Gasteiger partial charge on any atom is -0.507 e. The summed E-state index contributed by atoms with van der Waals surface area (Å²) >= 11 is 0. The van der Waals surface area contributed by atoms with Gasteiger partial charge < -0.3 is 40.9 Å². The van der Waals surface area contributed by atoms with Gasteiger partial charge in [-0.25, -0.2) is 0 Å². The largest absolute Gasteiger partial charge is 0.507 e. The van der Waals surface area contributed by atoms with E-state index in [4.69, 9.17) is 0 Å². The molecule has 488 valence electrons. The molecule has 1 aliphatic rings. The molecule has 8 aromatic carbocycles. The SMILES string of the molecule is CCCN(CCC)Cc1c(O)c2cc(c1O)C(c1ccccc1)c1cc(c(O)c(CN(CCC)CCC)c1O)C(c1ccccc1)c1cc(c(O)c(CN(CCC)CCC)c1O)C(c1ccccc1)c1cc(c(O)c(CN(CCC)CCC)c1O)C2c1ccccc1. The van der Waals surface area contributed by atoms with Gasteiger partial charge in [0.25, 0.3) is 0 Å². The molecule has 0 saturated heterocycles. The second kappa shape index (κ2) is 32.0. The molecular weight excluding hydrogens is 1140 g/mol. The standard InChI is InChI=1S/C80H100N4O8/c1-9-37-81(38-10-2)49-65-73(85)57-45-58(74(65)86)70(54-31-23-18-24-32-54)60-47-62(78(90)67(76(60)88)51-83(41-13-5)42-14-6)72(56-35-27-20-28-36-56)64-48-63(79(91)68(80(64)92)52-84(43-15-7)44-16-8)71(55-33-25-19-26-34-55)61-46-59(69(57)53-29-21-17-22-30-53)75(87)66(77(61)89)50-82(39-11-3)40-12-4/h17-36,45-48,69-72,85-92H,9-16,37-44,49-52H2,1-8H3. The van der Waals surface area contributed by atoms with Gasteiger partial charge in [-0.3, -0.25) is 19.6 Å². The Morgan fingerprint density at radius 2 is 0.370 bits per heavy atom. The van der Waals surface area contributed by atoms with Crippen molar-refractivity contribution < 1.29 is 40.9 Å². The summed E-state index contributed by atoms with van der Waals surface area (Å²) in [5, 5.41) is 109. The van der Waals surface area contributed by atoms with Crippen LogP contribution in [-0.2, 0) is 26.2 Å². The Labute approximate surface area is 547 Å². The molecule has 0 atom stereocenters. The van der Waals surface area contributed by atoms with Crippen molar-refractivity contribution in [3.63, 3.8) is 0 Å². The zero-order valence-electron chi connectivity index (χ0n) is 55.7.